The maximum atomic E-state index is 12.9. The van der Waals surface area contributed by atoms with Crippen LogP contribution in [0.4, 0.5) is 0 Å². The van der Waals surface area contributed by atoms with Gasteiger partial charge in [-0.2, -0.15) is 0 Å². The molecule has 0 aromatic heterocycles. The number of aliphatic hydroxyl groups excluding tert-OH is 5. The van der Waals surface area contributed by atoms with Crippen LogP contribution < -0.4 is 4.74 Å². The van der Waals surface area contributed by atoms with Crippen molar-refractivity contribution < 1.29 is 63.9 Å². The summed E-state index contributed by atoms with van der Waals surface area (Å²) in [6.45, 7) is -1.07. The highest BCUT2D eigenvalue weighted by Crippen LogP contribution is 2.60. The maximum absolute atomic E-state index is 12.9. The Bertz CT molecular complexity index is 1010. The van der Waals surface area contributed by atoms with E-state index in [-0.39, 0.29) is 17.1 Å². The third kappa shape index (κ3) is 3.92. The fourth-order valence-corrected chi connectivity index (χ4v) is 5.28. The normalized spacial score (nSPS) is 42.7. The van der Waals surface area contributed by atoms with Crippen LogP contribution >= 0.6 is 0 Å². The molecule has 1 saturated carbocycles. The fraction of sp³-hybridized carbons (Fsp3) is 0.609. The van der Waals surface area contributed by atoms with Gasteiger partial charge in [-0.15, -0.1) is 0 Å². The molecule has 3 heterocycles. The highest BCUT2D eigenvalue weighted by molar-refractivity contribution is 5.90. The predicted molar refractivity (Wildman–Crippen MR) is 114 cm³/mol. The Morgan fingerprint density at radius 2 is 1.89 bits per heavy atom. The van der Waals surface area contributed by atoms with Crippen LogP contribution in [0.5, 0.6) is 11.5 Å². The zero-order chi connectivity index (χ0) is 25.8. The van der Waals surface area contributed by atoms with Crippen LogP contribution in [0.2, 0.25) is 0 Å². The molecule has 13 heteroatoms. The van der Waals surface area contributed by atoms with Gasteiger partial charge in [0.2, 0.25) is 6.29 Å². The first-order valence-electron chi connectivity index (χ1n) is 11.4. The van der Waals surface area contributed by atoms with Gasteiger partial charge in [0.1, 0.15) is 42.2 Å². The van der Waals surface area contributed by atoms with Gasteiger partial charge in [0.05, 0.1) is 38.1 Å². The molecule has 4 aliphatic rings. The van der Waals surface area contributed by atoms with Crippen LogP contribution in [0.25, 0.3) is 0 Å². The summed E-state index contributed by atoms with van der Waals surface area (Å²) in [6.07, 6.45) is -7.19. The maximum Gasteiger partial charge on any atom is 0.338 e. The minimum absolute atomic E-state index is 0.0973. The first kappa shape index (κ1) is 25.2. The lowest BCUT2D eigenvalue weighted by molar-refractivity contribution is -0.344. The molecule has 5 rings (SSSR count). The number of esters is 1. The highest BCUT2D eigenvalue weighted by atomic mass is 16.8. The van der Waals surface area contributed by atoms with E-state index < -0.39 is 85.8 Å². The number of phenolic OH excluding ortho intramolecular Hbond substituents is 1. The molecule has 2 saturated heterocycles. The molecule has 0 bridgehead atoms. The molecular weight excluding hydrogens is 484 g/mol. The summed E-state index contributed by atoms with van der Waals surface area (Å²) in [5, 5.41) is 59.8. The van der Waals surface area contributed by atoms with Crippen LogP contribution in [0, 0.1) is 11.8 Å². The van der Waals surface area contributed by atoms with Crippen molar-refractivity contribution in [2.45, 2.75) is 54.8 Å². The lowest BCUT2D eigenvalue weighted by Crippen LogP contribution is -2.60. The molecule has 11 atom stereocenters. The molecular formula is C23H28O13. The lowest BCUT2D eigenvalue weighted by atomic mass is 9.85. The molecule has 1 aromatic rings. The molecule has 6 N–H and O–H groups in total. The van der Waals surface area contributed by atoms with Crippen LogP contribution in [0.15, 0.2) is 30.5 Å². The molecule has 1 aliphatic carbocycles. The van der Waals surface area contributed by atoms with E-state index in [1.807, 2.05) is 0 Å². The van der Waals surface area contributed by atoms with Crippen molar-refractivity contribution in [3.63, 3.8) is 0 Å². The van der Waals surface area contributed by atoms with Crippen LogP contribution in [0.3, 0.4) is 0 Å². The Morgan fingerprint density at radius 1 is 1.11 bits per heavy atom. The summed E-state index contributed by atoms with van der Waals surface area (Å²) in [4.78, 5) is 12.9. The molecule has 198 valence electrons. The number of ether oxygens (including phenoxy) is 6. The Labute approximate surface area is 205 Å². The van der Waals surface area contributed by atoms with E-state index in [2.05, 4.69) is 0 Å². The number of aromatic hydroxyl groups is 1. The van der Waals surface area contributed by atoms with E-state index >= 15 is 0 Å². The summed E-state index contributed by atoms with van der Waals surface area (Å²) in [7, 11) is 1.35. The van der Waals surface area contributed by atoms with Crippen molar-refractivity contribution in [2.24, 2.45) is 11.8 Å². The Hall–Kier alpha value is -2.49. The Balaban J connectivity index is 1.35. The molecule has 3 aliphatic heterocycles. The van der Waals surface area contributed by atoms with Crippen molar-refractivity contribution in [3.05, 3.63) is 36.1 Å². The monoisotopic (exact) mass is 512 g/mol. The zero-order valence-electron chi connectivity index (χ0n) is 19.1. The van der Waals surface area contributed by atoms with E-state index in [0.717, 1.165) is 0 Å². The van der Waals surface area contributed by atoms with Gasteiger partial charge in [-0.1, -0.05) is 0 Å². The molecule has 0 spiro atoms. The lowest BCUT2D eigenvalue weighted by Gasteiger charge is -2.43. The van der Waals surface area contributed by atoms with Gasteiger partial charge in [-0.3, -0.25) is 0 Å². The average Bonchev–Trinajstić information content (AvgIpc) is 3.56. The van der Waals surface area contributed by atoms with Crippen molar-refractivity contribution in [2.75, 3.05) is 20.3 Å². The molecule has 0 radical (unpaired) electrons. The molecule has 0 amide bonds. The number of benzene rings is 1. The Morgan fingerprint density at radius 3 is 2.58 bits per heavy atom. The number of carbonyl (C=O) groups excluding carboxylic acids is 1. The second kappa shape index (κ2) is 9.43. The fourth-order valence-electron chi connectivity index (χ4n) is 5.28. The van der Waals surface area contributed by atoms with Gasteiger partial charge in [0.15, 0.2) is 17.8 Å². The smallest absolute Gasteiger partial charge is 0.338 e. The number of epoxide rings is 1. The van der Waals surface area contributed by atoms with Gasteiger partial charge in [-0.25, -0.2) is 4.79 Å². The quantitative estimate of drug-likeness (QED) is 0.173. The summed E-state index contributed by atoms with van der Waals surface area (Å²) < 4.78 is 33.4. The number of hydrogen-bond acceptors (Lipinski definition) is 13. The largest absolute Gasteiger partial charge is 0.504 e. The molecule has 1 aromatic carbocycles. The first-order chi connectivity index (χ1) is 17.2. The van der Waals surface area contributed by atoms with E-state index in [9.17, 15) is 35.4 Å². The number of hydrogen-bond donors (Lipinski definition) is 6. The highest BCUT2D eigenvalue weighted by Gasteiger charge is 2.77. The summed E-state index contributed by atoms with van der Waals surface area (Å²) >= 11 is 0. The van der Waals surface area contributed by atoms with Crippen molar-refractivity contribution in [1.82, 2.24) is 0 Å². The number of phenols is 1. The van der Waals surface area contributed by atoms with E-state index in [0.29, 0.717) is 0 Å². The summed E-state index contributed by atoms with van der Waals surface area (Å²) in [5.74, 6) is -1.95. The molecule has 0 unspecified atom stereocenters. The van der Waals surface area contributed by atoms with Crippen LogP contribution in [-0.4, -0.2) is 112 Å². The second-order valence-electron chi connectivity index (χ2n) is 9.18. The SMILES string of the molecule is COc1cc(C(=O)O[C@@H]2[C@@H]3C=CO[C@H](O[C@@H]4O[C@H](CO)[C@@H](O)[C@@H](O)[C@H]4O)[C@@H]3[C@@]3(CO)O[C@@H]23)ccc1O. The molecule has 36 heavy (non-hydrogen) atoms. The summed E-state index contributed by atoms with van der Waals surface area (Å²) in [6, 6.07) is 4.02. The standard InChI is InChI=1S/C23H28O13/c1-31-12-6-9(2-3-11(12)26)20(30)34-18-10-4-5-32-21(14(10)23(8-25)19(18)36-23)35-22-17(29)16(28)15(27)13(7-24)33-22/h2-6,10,13-19,21-22,24-29H,7-8H2,1H3/t10-,13-,14-,15-,16-,17-,18-,19+,21-,22+,23-/m1/s1. The van der Waals surface area contributed by atoms with Crippen LogP contribution in [-0.2, 0) is 23.7 Å². The zero-order valence-corrected chi connectivity index (χ0v) is 19.1. The average molecular weight is 512 g/mol. The predicted octanol–water partition coefficient (Wildman–Crippen LogP) is -2.01. The van der Waals surface area contributed by atoms with Gasteiger partial charge in [-0.05, 0) is 24.3 Å². The van der Waals surface area contributed by atoms with Crippen molar-refractivity contribution >= 4 is 5.97 Å². The van der Waals surface area contributed by atoms with Gasteiger partial charge >= 0.3 is 5.97 Å². The van der Waals surface area contributed by atoms with Crippen LogP contribution in [0.1, 0.15) is 10.4 Å². The number of methoxy groups -OCH3 is 1. The van der Waals surface area contributed by atoms with Gasteiger partial charge < -0.3 is 59.1 Å². The van der Waals surface area contributed by atoms with E-state index in [4.69, 9.17) is 28.4 Å². The first-order valence-corrected chi connectivity index (χ1v) is 11.4. The minimum atomic E-state index is -1.66. The number of fused-ring (bicyclic) bond motifs is 3. The van der Waals surface area contributed by atoms with Gasteiger partial charge in [0, 0.05) is 5.92 Å². The molecule has 13 nitrogen and oxygen atoms in total. The second-order valence-corrected chi connectivity index (χ2v) is 9.18. The molecule has 3 fully saturated rings. The number of carbonyl (C=O) groups is 1. The summed E-state index contributed by atoms with van der Waals surface area (Å²) in [5.41, 5.74) is -1.03. The number of rotatable bonds is 7. The third-order valence-corrected chi connectivity index (χ3v) is 7.26. The number of aliphatic hydroxyl groups is 5. The van der Waals surface area contributed by atoms with E-state index in [1.54, 1.807) is 6.08 Å². The van der Waals surface area contributed by atoms with Crippen molar-refractivity contribution in [1.29, 1.82) is 0 Å². The van der Waals surface area contributed by atoms with Crippen molar-refractivity contribution in [3.8, 4) is 11.5 Å². The topological polar surface area (TPSA) is 197 Å². The Kier molecular flexibility index (Phi) is 6.59. The van der Waals surface area contributed by atoms with Gasteiger partial charge in [0.25, 0.3) is 0 Å². The minimum Gasteiger partial charge on any atom is -0.504 e. The van der Waals surface area contributed by atoms with E-state index in [1.165, 1.54) is 31.6 Å². The third-order valence-electron chi connectivity index (χ3n) is 7.26.